The smallest absolute Gasteiger partial charge is 0.272 e. The van der Waals surface area contributed by atoms with Crippen molar-refractivity contribution in [2.24, 2.45) is 11.3 Å². The van der Waals surface area contributed by atoms with Crippen molar-refractivity contribution in [3.63, 3.8) is 0 Å². The molecule has 0 spiro atoms. The van der Waals surface area contributed by atoms with Crippen molar-refractivity contribution in [1.82, 2.24) is 15.3 Å². The molecule has 1 heterocycles. The average Bonchev–Trinajstić information content (AvgIpc) is 2.41. The van der Waals surface area contributed by atoms with Gasteiger partial charge in [0.1, 0.15) is 5.82 Å². The lowest BCUT2D eigenvalue weighted by atomic mass is 9.70. The molecule has 6 heteroatoms. The summed E-state index contributed by atoms with van der Waals surface area (Å²) in [5.41, 5.74) is 3.48. The predicted octanol–water partition coefficient (Wildman–Crippen LogP) is 1.81. The van der Waals surface area contributed by atoms with Crippen molar-refractivity contribution in [3.05, 3.63) is 17.7 Å². The Balaban J connectivity index is 2.12. The minimum atomic E-state index is -0.199. The first-order valence-electron chi connectivity index (χ1n) is 7.07. The Morgan fingerprint density at radius 1 is 1.50 bits per heavy atom. The summed E-state index contributed by atoms with van der Waals surface area (Å²) < 4.78 is 0. The van der Waals surface area contributed by atoms with Crippen LogP contribution >= 0.6 is 0 Å². The van der Waals surface area contributed by atoms with Gasteiger partial charge in [-0.05, 0) is 18.3 Å². The molecule has 6 nitrogen and oxygen atoms in total. The molecule has 0 unspecified atom stereocenters. The second-order valence-electron chi connectivity index (χ2n) is 6.14. The summed E-state index contributed by atoms with van der Waals surface area (Å²) >= 11 is 0. The molecule has 0 aromatic carbocycles. The van der Waals surface area contributed by atoms with Crippen LogP contribution in [-0.2, 0) is 0 Å². The van der Waals surface area contributed by atoms with Crippen molar-refractivity contribution in [2.75, 3.05) is 12.0 Å². The van der Waals surface area contributed by atoms with Crippen LogP contribution in [0.1, 0.15) is 62.3 Å². The molecular weight excluding hydrogens is 254 g/mol. The number of carbonyl (C=O) groups is 1. The SMILES string of the molecule is CC(C)c1ncc(NN)c(C(=O)NCC2(C)CCC2)n1. The van der Waals surface area contributed by atoms with Gasteiger partial charge in [0.15, 0.2) is 5.69 Å². The third-order valence-corrected chi connectivity index (χ3v) is 3.93. The highest BCUT2D eigenvalue weighted by atomic mass is 16.1. The van der Waals surface area contributed by atoms with Crippen molar-refractivity contribution in [3.8, 4) is 0 Å². The Kier molecular flexibility index (Phi) is 4.23. The van der Waals surface area contributed by atoms with E-state index in [1.807, 2.05) is 13.8 Å². The number of hydrogen-bond donors (Lipinski definition) is 3. The van der Waals surface area contributed by atoms with E-state index in [0.29, 0.717) is 23.8 Å². The molecule has 2 rings (SSSR count). The summed E-state index contributed by atoms with van der Waals surface area (Å²) in [6.07, 6.45) is 5.13. The van der Waals surface area contributed by atoms with E-state index in [0.717, 1.165) is 12.8 Å². The van der Waals surface area contributed by atoms with Gasteiger partial charge in [0.2, 0.25) is 0 Å². The van der Waals surface area contributed by atoms with Gasteiger partial charge in [0.05, 0.1) is 11.9 Å². The third kappa shape index (κ3) is 3.07. The van der Waals surface area contributed by atoms with Gasteiger partial charge in [-0.3, -0.25) is 10.6 Å². The maximum atomic E-state index is 12.3. The van der Waals surface area contributed by atoms with Crippen LogP contribution in [0, 0.1) is 5.41 Å². The van der Waals surface area contributed by atoms with Gasteiger partial charge < -0.3 is 10.7 Å². The van der Waals surface area contributed by atoms with Gasteiger partial charge in [-0.25, -0.2) is 9.97 Å². The predicted molar refractivity (Wildman–Crippen MR) is 78.2 cm³/mol. The van der Waals surface area contributed by atoms with Crippen molar-refractivity contribution in [1.29, 1.82) is 0 Å². The van der Waals surface area contributed by atoms with Crippen LogP contribution in [0.15, 0.2) is 6.20 Å². The number of aromatic nitrogens is 2. The molecule has 1 aromatic heterocycles. The van der Waals surface area contributed by atoms with E-state index in [1.165, 1.54) is 6.42 Å². The van der Waals surface area contributed by atoms with E-state index >= 15 is 0 Å². The summed E-state index contributed by atoms with van der Waals surface area (Å²) in [6, 6.07) is 0. The lowest BCUT2D eigenvalue weighted by Gasteiger charge is -2.38. The number of hydrogen-bond acceptors (Lipinski definition) is 5. The van der Waals surface area contributed by atoms with E-state index in [2.05, 4.69) is 27.6 Å². The van der Waals surface area contributed by atoms with Crippen LogP contribution in [0.3, 0.4) is 0 Å². The summed E-state index contributed by atoms with van der Waals surface area (Å²) in [5.74, 6) is 6.03. The molecule has 1 fully saturated rings. The minimum absolute atomic E-state index is 0.164. The summed E-state index contributed by atoms with van der Waals surface area (Å²) in [5, 5.41) is 2.96. The standard InChI is InChI=1S/C14H23N5O/c1-9(2)12-16-7-10(19-15)11(18-12)13(20)17-8-14(3)5-4-6-14/h7,9,19H,4-6,8,15H2,1-3H3,(H,17,20). The molecule has 0 bridgehead atoms. The van der Waals surface area contributed by atoms with Crippen molar-refractivity contribution in [2.45, 2.75) is 46.0 Å². The Bertz CT molecular complexity index is 496. The van der Waals surface area contributed by atoms with Gasteiger partial charge in [-0.15, -0.1) is 0 Å². The molecule has 0 saturated heterocycles. The molecule has 1 aliphatic carbocycles. The number of hydrazine groups is 1. The molecule has 110 valence electrons. The van der Waals surface area contributed by atoms with Gasteiger partial charge in [-0.2, -0.15) is 0 Å². The molecule has 1 amide bonds. The number of nitrogens with one attached hydrogen (secondary N) is 2. The van der Waals surface area contributed by atoms with E-state index in [4.69, 9.17) is 5.84 Å². The number of rotatable bonds is 5. The van der Waals surface area contributed by atoms with Crippen molar-refractivity contribution < 1.29 is 4.79 Å². The van der Waals surface area contributed by atoms with Crippen LogP contribution in [0.25, 0.3) is 0 Å². The number of amides is 1. The third-order valence-electron chi connectivity index (χ3n) is 3.93. The number of carbonyl (C=O) groups excluding carboxylic acids is 1. The molecule has 1 saturated carbocycles. The summed E-state index contributed by atoms with van der Waals surface area (Å²) in [4.78, 5) is 20.8. The van der Waals surface area contributed by atoms with Crippen LogP contribution in [0.5, 0.6) is 0 Å². The van der Waals surface area contributed by atoms with E-state index in [-0.39, 0.29) is 17.2 Å². The Morgan fingerprint density at radius 3 is 2.70 bits per heavy atom. The molecule has 0 aliphatic heterocycles. The highest BCUT2D eigenvalue weighted by molar-refractivity contribution is 5.97. The summed E-state index contributed by atoms with van der Waals surface area (Å²) in [7, 11) is 0. The fourth-order valence-corrected chi connectivity index (χ4v) is 2.29. The number of nitrogens with zero attached hydrogens (tertiary/aromatic N) is 2. The maximum absolute atomic E-state index is 12.3. The first kappa shape index (κ1) is 14.7. The van der Waals surface area contributed by atoms with E-state index in [1.54, 1.807) is 6.20 Å². The fourth-order valence-electron chi connectivity index (χ4n) is 2.29. The zero-order chi connectivity index (χ0) is 14.8. The zero-order valence-electron chi connectivity index (χ0n) is 12.4. The van der Waals surface area contributed by atoms with E-state index < -0.39 is 0 Å². The molecule has 4 N–H and O–H groups in total. The van der Waals surface area contributed by atoms with Crippen LogP contribution in [0.4, 0.5) is 5.69 Å². The van der Waals surface area contributed by atoms with E-state index in [9.17, 15) is 4.79 Å². The van der Waals surface area contributed by atoms with Gasteiger partial charge >= 0.3 is 0 Å². The van der Waals surface area contributed by atoms with Crippen LogP contribution in [0.2, 0.25) is 0 Å². The van der Waals surface area contributed by atoms with Crippen molar-refractivity contribution >= 4 is 11.6 Å². The second-order valence-corrected chi connectivity index (χ2v) is 6.14. The normalized spacial score (nSPS) is 16.6. The van der Waals surface area contributed by atoms with Crippen LogP contribution < -0.4 is 16.6 Å². The minimum Gasteiger partial charge on any atom is -0.350 e. The average molecular weight is 277 g/mol. The lowest BCUT2D eigenvalue weighted by Crippen LogP contribution is -2.40. The van der Waals surface area contributed by atoms with Gasteiger partial charge in [-0.1, -0.05) is 27.2 Å². The lowest BCUT2D eigenvalue weighted by molar-refractivity contribution is 0.0886. The number of nitrogen functional groups attached to an aromatic ring is 1. The number of anilines is 1. The topological polar surface area (TPSA) is 92.9 Å². The molecule has 0 atom stereocenters. The number of nitrogens with two attached hydrogens (primary N) is 1. The largest absolute Gasteiger partial charge is 0.350 e. The fraction of sp³-hybridized carbons (Fsp3) is 0.643. The molecule has 1 aliphatic rings. The Morgan fingerprint density at radius 2 is 2.20 bits per heavy atom. The molecular formula is C14H23N5O. The second kappa shape index (κ2) is 5.75. The van der Waals surface area contributed by atoms with Gasteiger partial charge in [0.25, 0.3) is 5.91 Å². The quantitative estimate of drug-likeness (QED) is 0.564. The molecule has 1 aromatic rings. The Hall–Kier alpha value is -1.69. The Labute approximate surface area is 119 Å². The van der Waals surface area contributed by atoms with Crippen LogP contribution in [-0.4, -0.2) is 22.4 Å². The first-order valence-corrected chi connectivity index (χ1v) is 7.07. The highest BCUT2D eigenvalue weighted by Crippen LogP contribution is 2.39. The monoisotopic (exact) mass is 277 g/mol. The van der Waals surface area contributed by atoms with Gasteiger partial charge in [0, 0.05) is 12.5 Å². The molecule has 0 radical (unpaired) electrons. The zero-order valence-corrected chi connectivity index (χ0v) is 12.4. The first-order chi connectivity index (χ1) is 9.45. The molecule has 20 heavy (non-hydrogen) atoms. The maximum Gasteiger partial charge on any atom is 0.272 e. The summed E-state index contributed by atoms with van der Waals surface area (Å²) in [6.45, 7) is 6.85. The highest BCUT2D eigenvalue weighted by Gasteiger charge is 2.32.